The highest BCUT2D eigenvalue weighted by molar-refractivity contribution is 6.04. The largest absolute Gasteiger partial charge is 0.413 e. The molecule has 0 atom stereocenters. The molecule has 2 aromatic heterocycles. The lowest BCUT2D eigenvalue weighted by Gasteiger charge is -2.03. The third-order valence-electron chi connectivity index (χ3n) is 5.02. The molecule has 5 aromatic rings. The van der Waals surface area contributed by atoms with Crippen LogP contribution in [0.25, 0.3) is 39.3 Å². The van der Waals surface area contributed by atoms with Crippen LogP contribution >= 0.6 is 0 Å². The van der Waals surface area contributed by atoms with E-state index in [1.807, 2.05) is 6.07 Å². The molecule has 0 fully saturated rings. The van der Waals surface area contributed by atoms with E-state index in [0.29, 0.717) is 0 Å². The molecule has 2 heterocycles. The molecule has 0 amide bonds. The zero-order valence-electron chi connectivity index (χ0n) is 14.8. The maximum absolute atomic E-state index is 6.42. The molecule has 3 aromatic carbocycles. The normalized spacial score (nSPS) is 11.5. The van der Waals surface area contributed by atoms with Crippen LogP contribution in [0.15, 0.2) is 83.3 Å². The second-order valence-electron chi connectivity index (χ2n) is 6.62. The van der Waals surface area contributed by atoms with Crippen LogP contribution in [0.4, 0.5) is 0 Å². The number of fused-ring (bicyclic) bond motifs is 3. The van der Waals surface area contributed by atoms with Crippen LogP contribution in [0.3, 0.4) is 0 Å². The maximum Gasteiger partial charge on any atom is 0.334 e. The van der Waals surface area contributed by atoms with Crippen molar-refractivity contribution in [2.45, 2.75) is 6.92 Å². The Morgan fingerprint density at radius 3 is 2.31 bits per heavy atom. The average Bonchev–Trinajstić information content (AvgIpc) is 3.18. The second-order valence-corrected chi connectivity index (χ2v) is 6.62. The Hall–Kier alpha value is -3.33. The molecule has 0 saturated heterocycles. The van der Waals surface area contributed by atoms with E-state index in [2.05, 4.69) is 95.9 Å². The van der Waals surface area contributed by atoms with E-state index < -0.39 is 0 Å². The summed E-state index contributed by atoms with van der Waals surface area (Å²) >= 11 is 0. The highest BCUT2D eigenvalue weighted by Gasteiger charge is 2.29. The Bertz CT molecular complexity index is 1250. The van der Waals surface area contributed by atoms with Gasteiger partial charge < -0.3 is 4.42 Å². The average molecular weight is 339 g/mol. The van der Waals surface area contributed by atoms with Crippen molar-refractivity contribution in [2.75, 3.05) is 0 Å². The van der Waals surface area contributed by atoms with E-state index in [-0.39, 0.29) is 0 Å². The van der Waals surface area contributed by atoms with Gasteiger partial charge in [0.05, 0.1) is 18.0 Å². The van der Waals surface area contributed by atoms with Gasteiger partial charge in [-0.15, -0.1) is 0 Å². The molecule has 0 N–H and O–H groups in total. The van der Waals surface area contributed by atoms with Gasteiger partial charge in [0.2, 0.25) is 5.58 Å². The molecule has 0 aliphatic rings. The SMILES string of the molecule is Cc1ccccc1-c1oc2c3ccccc3n(-c3ccccc3)c2[n+]1C. The minimum Gasteiger partial charge on any atom is -0.413 e. The zero-order valence-corrected chi connectivity index (χ0v) is 14.8. The van der Waals surface area contributed by atoms with E-state index in [0.717, 1.165) is 39.3 Å². The van der Waals surface area contributed by atoms with Gasteiger partial charge in [-0.05, 0) is 42.8 Å². The van der Waals surface area contributed by atoms with Crippen molar-refractivity contribution in [1.29, 1.82) is 0 Å². The van der Waals surface area contributed by atoms with Crippen LogP contribution in [0.5, 0.6) is 0 Å². The van der Waals surface area contributed by atoms with Gasteiger partial charge in [0, 0.05) is 0 Å². The van der Waals surface area contributed by atoms with Crippen molar-refractivity contribution in [1.82, 2.24) is 4.57 Å². The van der Waals surface area contributed by atoms with E-state index in [1.54, 1.807) is 0 Å². The second kappa shape index (κ2) is 5.60. The van der Waals surface area contributed by atoms with Gasteiger partial charge in [-0.3, -0.25) is 0 Å². The molecule has 0 aliphatic heterocycles. The number of hydrogen-bond acceptors (Lipinski definition) is 1. The molecule has 26 heavy (non-hydrogen) atoms. The fourth-order valence-corrected chi connectivity index (χ4v) is 3.75. The van der Waals surface area contributed by atoms with Crippen molar-refractivity contribution < 1.29 is 8.98 Å². The fourth-order valence-electron chi connectivity index (χ4n) is 3.75. The molecule has 0 unspecified atom stereocenters. The molecule has 0 saturated carbocycles. The van der Waals surface area contributed by atoms with Crippen molar-refractivity contribution >= 4 is 22.1 Å². The Morgan fingerprint density at radius 2 is 1.50 bits per heavy atom. The van der Waals surface area contributed by atoms with Crippen LogP contribution in [-0.4, -0.2) is 4.57 Å². The predicted octanol–water partition coefficient (Wildman–Crippen LogP) is 5.18. The summed E-state index contributed by atoms with van der Waals surface area (Å²) in [5.74, 6) is 0.878. The number of aryl methyl sites for hydroxylation is 2. The van der Waals surface area contributed by atoms with Crippen LogP contribution < -0.4 is 4.57 Å². The number of hydrogen-bond donors (Lipinski definition) is 0. The Morgan fingerprint density at radius 1 is 0.808 bits per heavy atom. The molecular weight excluding hydrogens is 320 g/mol. The summed E-state index contributed by atoms with van der Waals surface area (Å²) in [6.45, 7) is 2.12. The predicted molar refractivity (Wildman–Crippen MR) is 104 cm³/mol. The molecule has 3 heteroatoms. The van der Waals surface area contributed by atoms with Gasteiger partial charge in [-0.2, -0.15) is 9.13 Å². The first kappa shape index (κ1) is 15.0. The van der Waals surface area contributed by atoms with E-state index in [4.69, 9.17) is 4.42 Å². The van der Waals surface area contributed by atoms with Crippen LogP contribution in [0, 0.1) is 6.92 Å². The lowest BCUT2D eigenvalue weighted by Crippen LogP contribution is -2.31. The topological polar surface area (TPSA) is 21.9 Å². The van der Waals surface area contributed by atoms with Gasteiger partial charge in [0.15, 0.2) is 0 Å². The van der Waals surface area contributed by atoms with Crippen molar-refractivity contribution in [3.63, 3.8) is 0 Å². The number of nitrogens with zero attached hydrogens (tertiary/aromatic N) is 2. The van der Waals surface area contributed by atoms with Crippen molar-refractivity contribution in [3.05, 3.63) is 84.4 Å². The van der Waals surface area contributed by atoms with Gasteiger partial charge in [-0.1, -0.05) is 48.5 Å². The summed E-state index contributed by atoms with van der Waals surface area (Å²) in [4.78, 5) is 0. The maximum atomic E-state index is 6.42. The highest BCUT2D eigenvalue weighted by atomic mass is 16.4. The third-order valence-corrected chi connectivity index (χ3v) is 5.02. The van der Waals surface area contributed by atoms with E-state index in [9.17, 15) is 0 Å². The van der Waals surface area contributed by atoms with Gasteiger partial charge in [0.1, 0.15) is 11.2 Å². The van der Waals surface area contributed by atoms with Crippen LogP contribution in [0.1, 0.15) is 5.56 Å². The number of benzene rings is 3. The Labute approximate surface area is 151 Å². The standard InChI is InChI=1S/C23H19N2O/c1-16-10-6-7-13-18(16)23-24(2)22-21(26-23)19-14-8-9-15-20(19)25(22)17-11-4-3-5-12-17/h3-15H,1-2H3/q+1. The summed E-state index contributed by atoms with van der Waals surface area (Å²) in [6, 6.07) is 27.2. The van der Waals surface area contributed by atoms with Crippen LogP contribution in [-0.2, 0) is 7.05 Å². The zero-order chi connectivity index (χ0) is 17.7. The Balaban J connectivity index is 1.93. The molecule has 3 nitrogen and oxygen atoms in total. The fraction of sp³-hybridized carbons (Fsp3) is 0.0870. The lowest BCUT2D eigenvalue weighted by atomic mass is 10.1. The first-order valence-electron chi connectivity index (χ1n) is 8.79. The van der Waals surface area contributed by atoms with E-state index >= 15 is 0 Å². The van der Waals surface area contributed by atoms with Gasteiger partial charge in [-0.25, -0.2) is 0 Å². The minimum absolute atomic E-state index is 0.878. The third kappa shape index (κ3) is 2.04. The molecular formula is C23H19N2O+. The summed E-state index contributed by atoms with van der Waals surface area (Å²) in [6.07, 6.45) is 0. The molecule has 126 valence electrons. The summed E-state index contributed by atoms with van der Waals surface area (Å²) < 4.78 is 10.9. The number of rotatable bonds is 2. The first-order chi connectivity index (χ1) is 12.8. The number of aromatic nitrogens is 2. The minimum atomic E-state index is 0.878. The van der Waals surface area contributed by atoms with Crippen LogP contribution in [0.2, 0.25) is 0 Å². The number of oxazole rings is 1. The molecule has 5 rings (SSSR count). The number of para-hydroxylation sites is 2. The Kier molecular flexibility index (Phi) is 3.22. The van der Waals surface area contributed by atoms with Gasteiger partial charge >= 0.3 is 5.65 Å². The first-order valence-corrected chi connectivity index (χ1v) is 8.79. The quantitative estimate of drug-likeness (QED) is 0.406. The molecule has 0 aliphatic carbocycles. The van der Waals surface area contributed by atoms with Crippen molar-refractivity contribution in [3.8, 4) is 17.1 Å². The summed E-state index contributed by atoms with van der Waals surface area (Å²) in [7, 11) is 2.08. The lowest BCUT2D eigenvalue weighted by molar-refractivity contribution is -0.640. The molecule has 0 bridgehead atoms. The highest BCUT2D eigenvalue weighted by Crippen LogP contribution is 2.34. The summed E-state index contributed by atoms with van der Waals surface area (Å²) in [5, 5.41) is 1.13. The summed E-state index contributed by atoms with van der Waals surface area (Å²) in [5.41, 5.74) is 6.59. The monoisotopic (exact) mass is 339 g/mol. The van der Waals surface area contributed by atoms with Gasteiger partial charge in [0.25, 0.3) is 5.89 Å². The molecule has 0 spiro atoms. The molecule has 0 radical (unpaired) electrons. The smallest absolute Gasteiger partial charge is 0.334 e. The van der Waals surface area contributed by atoms with E-state index in [1.165, 1.54) is 5.56 Å². The van der Waals surface area contributed by atoms with Crippen molar-refractivity contribution in [2.24, 2.45) is 7.05 Å².